The molecule has 2 rings (SSSR count). The lowest BCUT2D eigenvalue weighted by molar-refractivity contribution is 0.0699. The molecular formula is C9H6O2S. The summed E-state index contributed by atoms with van der Waals surface area (Å²) in [5, 5.41) is 11.5. The van der Waals surface area contributed by atoms with Crippen molar-refractivity contribution in [2.45, 2.75) is 0 Å². The summed E-state index contributed by atoms with van der Waals surface area (Å²) < 4.78 is 1.02. The Kier molecular flexibility index (Phi) is 1.59. The Balaban J connectivity index is 2.82. The number of carbonyl (C=O) groups is 1. The van der Waals surface area contributed by atoms with E-state index in [9.17, 15) is 4.79 Å². The molecule has 1 aromatic heterocycles. The van der Waals surface area contributed by atoms with Crippen molar-refractivity contribution >= 4 is 27.4 Å². The summed E-state index contributed by atoms with van der Waals surface area (Å²) in [6, 6.07) is 7.15. The highest BCUT2D eigenvalue weighted by atomic mass is 32.1. The SMILES string of the molecule is O=C(O)c1cccc2sccc12. The predicted molar refractivity (Wildman–Crippen MR) is 48.8 cm³/mol. The first-order valence-electron chi connectivity index (χ1n) is 3.48. The predicted octanol–water partition coefficient (Wildman–Crippen LogP) is 2.60. The Morgan fingerprint density at radius 1 is 1.33 bits per heavy atom. The molecule has 0 aliphatic carbocycles. The van der Waals surface area contributed by atoms with Crippen LogP contribution in [0.1, 0.15) is 10.4 Å². The molecule has 12 heavy (non-hydrogen) atoms. The second-order valence-electron chi connectivity index (χ2n) is 2.44. The fourth-order valence-corrected chi connectivity index (χ4v) is 1.99. The van der Waals surface area contributed by atoms with Crippen LogP contribution in [0.5, 0.6) is 0 Å². The lowest BCUT2D eigenvalue weighted by atomic mass is 10.1. The van der Waals surface area contributed by atoms with Gasteiger partial charge < -0.3 is 5.11 Å². The molecule has 2 aromatic rings. The van der Waals surface area contributed by atoms with E-state index in [1.807, 2.05) is 17.5 Å². The zero-order valence-corrected chi connectivity index (χ0v) is 6.97. The van der Waals surface area contributed by atoms with Gasteiger partial charge in [0.2, 0.25) is 0 Å². The van der Waals surface area contributed by atoms with Crippen molar-refractivity contribution in [3.63, 3.8) is 0 Å². The molecule has 3 heteroatoms. The van der Waals surface area contributed by atoms with Crippen LogP contribution in [0.4, 0.5) is 0 Å². The molecule has 0 bridgehead atoms. The van der Waals surface area contributed by atoms with Crippen molar-refractivity contribution < 1.29 is 9.90 Å². The van der Waals surface area contributed by atoms with E-state index in [0.29, 0.717) is 5.56 Å². The Bertz CT molecular complexity index is 431. The van der Waals surface area contributed by atoms with E-state index in [1.165, 1.54) is 0 Å². The quantitative estimate of drug-likeness (QED) is 0.728. The summed E-state index contributed by atoms with van der Waals surface area (Å²) in [6.07, 6.45) is 0. The van der Waals surface area contributed by atoms with Crippen LogP contribution >= 0.6 is 11.3 Å². The summed E-state index contributed by atoms with van der Waals surface area (Å²) in [4.78, 5) is 10.7. The molecule has 0 saturated heterocycles. The molecule has 1 heterocycles. The maximum absolute atomic E-state index is 10.7. The van der Waals surface area contributed by atoms with Gasteiger partial charge in [-0.2, -0.15) is 0 Å². The second kappa shape index (κ2) is 2.60. The highest BCUT2D eigenvalue weighted by Crippen LogP contribution is 2.23. The minimum absolute atomic E-state index is 0.383. The number of carboxylic acids is 1. The lowest BCUT2D eigenvalue weighted by Gasteiger charge is -1.94. The first kappa shape index (κ1) is 7.31. The van der Waals surface area contributed by atoms with Gasteiger partial charge in [0.05, 0.1) is 5.56 Å². The van der Waals surface area contributed by atoms with Crippen molar-refractivity contribution in [3.8, 4) is 0 Å². The van der Waals surface area contributed by atoms with E-state index < -0.39 is 5.97 Å². The fourth-order valence-electron chi connectivity index (χ4n) is 1.18. The van der Waals surface area contributed by atoms with Crippen LogP contribution < -0.4 is 0 Å². The fraction of sp³-hybridized carbons (Fsp3) is 0. The number of benzene rings is 1. The van der Waals surface area contributed by atoms with Gasteiger partial charge in [-0.3, -0.25) is 0 Å². The van der Waals surface area contributed by atoms with Crippen LogP contribution in [-0.4, -0.2) is 11.1 Å². The first-order valence-corrected chi connectivity index (χ1v) is 4.36. The van der Waals surface area contributed by atoms with Crippen molar-refractivity contribution in [2.24, 2.45) is 0 Å². The summed E-state index contributed by atoms with van der Waals surface area (Å²) in [5.41, 5.74) is 0.383. The topological polar surface area (TPSA) is 37.3 Å². The third kappa shape index (κ3) is 0.987. The highest BCUT2D eigenvalue weighted by Gasteiger charge is 2.07. The van der Waals surface area contributed by atoms with Gasteiger partial charge in [-0.1, -0.05) is 6.07 Å². The molecule has 1 aromatic carbocycles. The van der Waals surface area contributed by atoms with Gasteiger partial charge in [0.25, 0.3) is 0 Å². The smallest absolute Gasteiger partial charge is 0.336 e. The normalized spacial score (nSPS) is 10.3. The maximum atomic E-state index is 10.7. The molecule has 1 N–H and O–H groups in total. The molecule has 0 fully saturated rings. The molecule has 60 valence electrons. The Hall–Kier alpha value is -1.35. The number of carboxylic acid groups (broad SMARTS) is 1. The van der Waals surface area contributed by atoms with Crippen LogP contribution in [0.2, 0.25) is 0 Å². The second-order valence-corrected chi connectivity index (χ2v) is 3.39. The van der Waals surface area contributed by atoms with E-state index in [2.05, 4.69) is 0 Å². The van der Waals surface area contributed by atoms with Crippen molar-refractivity contribution in [1.29, 1.82) is 0 Å². The summed E-state index contributed by atoms with van der Waals surface area (Å²) in [7, 11) is 0. The van der Waals surface area contributed by atoms with Gasteiger partial charge >= 0.3 is 5.97 Å². The minimum Gasteiger partial charge on any atom is -0.478 e. The third-order valence-electron chi connectivity index (χ3n) is 1.73. The van der Waals surface area contributed by atoms with Gasteiger partial charge in [-0.15, -0.1) is 11.3 Å². The first-order chi connectivity index (χ1) is 5.79. The van der Waals surface area contributed by atoms with E-state index in [4.69, 9.17) is 5.11 Å². The number of thiophene rings is 1. The molecule has 2 nitrogen and oxygen atoms in total. The van der Waals surface area contributed by atoms with Crippen molar-refractivity contribution in [2.75, 3.05) is 0 Å². The van der Waals surface area contributed by atoms with E-state index >= 15 is 0 Å². The zero-order chi connectivity index (χ0) is 8.55. The Morgan fingerprint density at radius 2 is 2.17 bits per heavy atom. The van der Waals surface area contributed by atoms with Gasteiger partial charge in [-0.05, 0) is 23.6 Å². The van der Waals surface area contributed by atoms with Crippen molar-refractivity contribution in [1.82, 2.24) is 0 Å². The van der Waals surface area contributed by atoms with Crippen LogP contribution in [0.15, 0.2) is 29.6 Å². The molecule has 0 atom stereocenters. The Labute approximate surface area is 73.1 Å². The Morgan fingerprint density at radius 3 is 2.92 bits per heavy atom. The molecular weight excluding hydrogens is 172 g/mol. The standard InChI is InChI=1S/C9H6O2S/c10-9(11)7-2-1-3-8-6(7)4-5-12-8/h1-5H,(H,10,11). The highest BCUT2D eigenvalue weighted by molar-refractivity contribution is 7.17. The molecule has 0 amide bonds. The van der Waals surface area contributed by atoms with Crippen LogP contribution in [0.3, 0.4) is 0 Å². The summed E-state index contributed by atoms with van der Waals surface area (Å²) in [6.45, 7) is 0. The van der Waals surface area contributed by atoms with Gasteiger partial charge in [-0.25, -0.2) is 4.79 Å². The van der Waals surface area contributed by atoms with Crippen LogP contribution in [-0.2, 0) is 0 Å². The van der Waals surface area contributed by atoms with E-state index in [1.54, 1.807) is 23.5 Å². The molecule has 0 spiro atoms. The van der Waals surface area contributed by atoms with Gasteiger partial charge in [0.15, 0.2) is 0 Å². The maximum Gasteiger partial charge on any atom is 0.336 e. The molecule has 0 radical (unpaired) electrons. The molecule has 0 aliphatic heterocycles. The van der Waals surface area contributed by atoms with Crippen LogP contribution in [0.25, 0.3) is 10.1 Å². The number of hydrogen-bond acceptors (Lipinski definition) is 2. The number of rotatable bonds is 1. The lowest BCUT2D eigenvalue weighted by Crippen LogP contribution is -1.95. The zero-order valence-electron chi connectivity index (χ0n) is 6.15. The summed E-state index contributed by atoms with van der Waals surface area (Å²) >= 11 is 1.56. The monoisotopic (exact) mass is 178 g/mol. The van der Waals surface area contributed by atoms with E-state index in [-0.39, 0.29) is 0 Å². The van der Waals surface area contributed by atoms with Crippen LogP contribution in [0, 0.1) is 0 Å². The molecule has 0 aliphatic rings. The minimum atomic E-state index is -0.862. The van der Waals surface area contributed by atoms with Gasteiger partial charge in [0, 0.05) is 10.1 Å². The van der Waals surface area contributed by atoms with Crippen molar-refractivity contribution in [3.05, 3.63) is 35.2 Å². The summed E-state index contributed by atoms with van der Waals surface area (Å²) in [5.74, 6) is -0.862. The third-order valence-corrected chi connectivity index (χ3v) is 2.61. The van der Waals surface area contributed by atoms with Gasteiger partial charge in [0.1, 0.15) is 0 Å². The number of fused-ring (bicyclic) bond motifs is 1. The largest absolute Gasteiger partial charge is 0.478 e. The molecule has 0 saturated carbocycles. The average Bonchev–Trinajstić information content (AvgIpc) is 2.49. The van der Waals surface area contributed by atoms with E-state index in [0.717, 1.165) is 10.1 Å². The number of aromatic carboxylic acids is 1. The molecule has 0 unspecified atom stereocenters. The average molecular weight is 178 g/mol. The number of hydrogen-bond donors (Lipinski definition) is 1.